The fourth-order valence-corrected chi connectivity index (χ4v) is 5.45. The number of carbonyl (C=O) groups is 3. The molecular formula is C28H26N4O10S. The molecule has 1 saturated heterocycles. The first kappa shape index (κ1) is 30.8. The number of ether oxygens (including phenoxy) is 3. The third-order valence-electron chi connectivity index (χ3n) is 6.39. The zero-order valence-corrected chi connectivity index (χ0v) is 23.6. The van der Waals surface area contributed by atoms with E-state index in [1.165, 1.54) is 60.3 Å². The van der Waals surface area contributed by atoms with Gasteiger partial charge in [0.1, 0.15) is 13.2 Å². The van der Waals surface area contributed by atoms with Crippen LogP contribution in [0.3, 0.4) is 0 Å². The van der Waals surface area contributed by atoms with Crippen LogP contribution in [0.1, 0.15) is 16.7 Å². The summed E-state index contributed by atoms with van der Waals surface area (Å²) in [5.74, 6) is -0.306. The van der Waals surface area contributed by atoms with Crippen molar-refractivity contribution in [3.63, 3.8) is 0 Å². The summed E-state index contributed by atoms with van der Waals surface area (Å²) >= 11 is 1.34. The molecule has 2 atom stereocenters. The Balaban J connectivity index is 1.54. The molecule has 0 bridgehead atoms. The summed E-state index contributed by atoms with van der Waals surface area (Å²) in [5.41, 5.74) is 1.60. The average molecular weight is 611 g/mol. The van der Waals surface area contributed by atoms with Crippen molar-refractivity contribution >= 4 is 41.3 Å². The molecule has 1 aliphatic heterocycles. The highest BCUT2D eigenvalue weighted by Crippen LogP contribution is 2.33. The Morgan fingerprint density at radius 1 is 0.791 bits per heavy atom. The number of hydrazine groups is 1. The SMILES string of the molecule is COC(=O)C1C(SCc2ccccc2)CN(C(=O)OCc2ccc([N+](=O)[O-])cc2)N1C(=O)OCc1ccc([N+](=O)[O-])cc1. The molecule has 43 heavy (non-hydrogen) atoms. The van der Waals surface area contributed by atoms with Crippen LogP contribution in [0.25, 0.3) is 0 Å². The minimum atomic E-state index is -1.24. The van der Waals surface area contributed by atoms with E-state index in [-0.39, 0.29) is 31.1 Å². The van der Waals surface area contributed by atoms with Crippen LogP contribution < -0.4 is 0 Å². The summed E-state index contributed by atoms with van der Waals surface area (Å²) in [6, 6.07) is 18.9. The van der Waals surface area contributed by atoms with Crippen LogP contribution in [0.2, 0.25) is 0 Å². The lowest BCUT2D eigenvalue weighted by Gasteiger charge is -2.29. The number of hydrogen-bond donors (Lipinski definition) is 0. The molecule has 3 aromatic rings. The number of nitro benzene ring substituents is 2. The first-order valence-electron chi connectivity index (χ1n) is 12.8. The number of non-ortho nitro benzene ring substituents is 2. The molecule has 1 fully saturated rings. The van der Waals surface area contributed by atoms with Gasteiger partial charge in [0, 0.05) is 30.0 Å². The maximum atomic E-state index is 13.4. The number of nitro groups is 2. The van der Waals surface area contributed by atoms with Gasteiger partial charge in [-0.3, -0.25) is 20.2 Å². The molecule has 0 aromatic heterocycles. The number of thioether (sulfide) groups is 1. The van der Waals surface area contributed by atoms with Gasteiger partial charge < -0.3 is 14.2 Å². The number of amides is 2. The van der Waals surface area contributed by atoms with Crippen LogP contribution in [-0.4, -0.2) is 63.0 Å². The van der Waals surface area contributed by atoms with Crippen molar-refractivity contribution in [1.82, 2.24) is 10.0 Å². The highest BCUT2D eigenvalue weighted by Gasteiger charge is 2.51. The van der Waals surface area contributed by atoms with Crippen molar-refractivity contribution in [2.24, 2.45) is 0 Å². The van der Waals surface area contributed by atoms with E-state index < -0.39 is 39.3 Å². The van der Waals surface area contributed by atoms with E-state index in [4.69, 9.17) is 14.2 Å². The number of carbonyl (C=O) groups excluding carboxylic acids is 3. The average Bonchev–Trinajstić information content (AvgIpc) is 3.41. The normalized spacial score (nSPS) is 15.9. The summed E-state index contributed by atoms with van der Waals surface area (Å²) in [5, 5.41) is 23.1. The van der Waals surface area contributed by atoms with Gasteiger partial charge in [-0.1, -0.05) is 30.3 Å². The predicted octanol–water partition coefficient (Wildman–Crippen LogP) is 4.85. The number of rotatable bonds is 10. The summed E-state index contributed by atoms with van der Waals surface area (Å²) < 4.78 is 15.8. The molecule has 0 N–H and O–H groups in total. The summed E-state index contributed by atoms with van der Waals surface area (Å²) in [6.07, 6.45) is -1.99. The molecule has 1 heterocycles. The van der Waals surface area contributed by atoms with Gasteiger partial charge in [0.15, 0.2) is 6.04 Å². The fraction of sp³-hybridized carbons (Fsp3) is 0.250. The van der Waals surface area contributed by atoms with Crippen molar-refractivity contribution in [2.75, 3.05) is 13.7 Å². The van der Waals surface area contributed by atoms with Crippen molar-refractivity contribution in [2.45, 2.75) is 30.3 Å². The van der Waals surface area contributed by atoms with E-state index in [1.54, 1.807) is 0 Å². The molecule has 0 spiro atoms. The van der Waals surface area contributed by atoms with Crippen LogP contribution in [0.5, 0.6) is 0 Å². The van der Waals surface area contributed by atoms with Gasteiger partial charge in [0.2, 0.25) is 0 Å². The largest absolute Gasteiger partial charge is 0.467 e. The molecular weight excluding hydrogens is 584 g/mol. The molecule has 0 aliphatic carbocycles. The third kappa shape index (κ3) is 7.77. The maximum Gasteiger partial charge on any atom is 0.430 e. The van der Waals surface area contributed by atoms with Crippen LogP contribution >= 0.6 is 11.8 Å². The van der Waals surface area contributed by atoms with E-state index in [1.807, 2.05) is 30.3 Å². The Labute approximate surface area is 249 Å². The monoisotopic (exact) mass is 610 g/mol. The second-order valence-corrected chi connectivity index (χ2v) is 10.4. The lowest BCUT2D eigenvalue weighted by Crippen LogP contribution is -2.52. The lowest BCUT2D eigenvalue weighted by molar-refractivity contribution is -0.385. The summed E-state index contributed by atoms with van der Waals surface area (Å²) in [7, 11) is 1.16. The van der Waals surface area contributed by atoms with Crippen LogP contribution in [0, 0.1) is 20.2 Å². The number of nitrogens with zero attached hydrogens (tertiary/aromatic N) is 4. The summed E-state index contributed by atoms with van der Waals surface area (Å²) in [6.45, 7) is -0.651. The van der Waals surface area contributed by atoms with Crippen molar-refractivity contribution in [3.8, 4) is 0 Å². The second-order valence-electron chi connectivity index (χ2n) is 9.19. The summed E-state index contributed by atoms with van der Waals surface area (Å²) in [4.78, 5) is 60.4. The Hall–Kier alpha value is -5.18. The zero-order valence-electron chi connectivity index (χ0n) is 22.8. The van der Waals surface area contributed by atoms with Gasteiger partial charge in [-0.15, -0.1) is 11.8 Å². The standard InChI is InChI=1S/C28H26N4O10S/c1-40-26(33)25-24(43-18-21-5-3-2-4-6-21)15-29(27(34)41-16-19-7-11-22(12-8-19)31(36)37)30(25)28(35)42-17-20-9-13-23(14-10-20)32(38)39/h2-14,24-25H,15-18H2,1H3. The number of methoxy groups -OCH3 is 1. The van der Waals surface area contributed by atoms with Crippen LogP contribution in [-0.2, 0) is 38.0 Å². The molecule has 15 heteroatoms. The van der Waals surface area contributed by atoms with Crippen LogP contribution in [0.4, 0.5) is 21.0 Å². The molecule has 3 aromatic carbocycles. The van der Waals surface area contributed by atoms with E-state index in [2.05, 4.69) is 0 Å². The molecule has 0 radical (unpaired) electrons. The molecule has 0 saturated carbocycles. The minimum Gasteiger partial charge on any atom is -0.467 e. The lowest BCUT2D eigenvalue weighted by atomic mass is 10.2. The Morgan fingerprint density at radius 3 is 1.79 bits per heavy atom. The number of hydrogen-bond acceptors (Lipinski definition) is 11. The van der Waals surface area contributed by atoms with E-state index >= 15 is 0 Å². The highest BCUT2D eigenvalue weighted by atomic mass is 32.2. The topological polar surface area (TPSA) is 172 Å². The molecule has 1 aliphatic rings. The first-order valence-corrected chi connectivity index (χ1v) is 13.8. The first-order chi connectivity index (χ1) is 20.7. The smallest absolute Gasteiger partial charge is 0.430 e. The third-order valence-corrected chi connectivity index (χ3v) is 7.73. The number of esters is 1. The highest BCUT2D eigenvalue weighted by molar-refractivity contribution is 7.99. The Morgan fingerprint density at radius 2 is 1.30 bits per heavy atom. The molecule has 2 unspecified atom stereocenters. The van der Waals surface area contributed by atoms with Gasteiger partial charge in [0.05, 0.1) is 28.8 Å². The fourth-order valence-electron chi connectivity index (χ4n) is 4.19. The van der Waals surface area contributed by atoms with Gasteiger partial charge in [-0.05, 0) is 41.0 Å². The quantitative estimate of drug-likeness (QED) is 0.133. The van der Waals surface area contributed by atoms with Gasteiger partial charge in [0.25, 0.3) is 11.4 Å². The molecule has 224 valence electrons. The van der Waals surface area contributed by atoms with E-state index in [9.17, 15) is 34.6 Å². The molecule has 2 amide bonds. The van der Waals surface area contributed by atoms with Crippen molar-refractivity contribution < 1.29 is 38.4 Å². The Bertz CT molecular complexity index is 1470. The maximum absolute atomic E-state index is 13.4. The van der Waals surface area contributed by atoms with E-state index in [0.717, 1.165) is 22.7 Å². The number of benzene rings is 3. The molecule has 4 rings (SSSR count). The van der Waals surface area contributed by atoms with Gasteiger partial charge in [-0.2, -0.15) is 5.01 Å². The predicted molar refractivity (Wildman–Crippen MR) is 152 cm³/mol. The zero-order chi connectivity index (χ0) is 30.9. The van der Waals surface area contributed by atoms with Crippen molar-refractivity contribution in [1.29, 1.82) is 0 Å². The minimum absolute atomic E-state index is 0.0943. The van der Waals surface area contributed by atoms with Gasteiger partial charge in [-0.25, -0.2) is 19.4 Å². The second kappa shape index (κ2) is 14.1. The van der Waals surface area contributed by atoms with E-state index in [0.29, 0.717) is 16.9 Å². The van der Waals surface area contributed by atoms with Crippen molar-refractivity contribution in [3.05, 3.63) is 116 Å². The van der Waals surface area contributed by atoms with Crippen LogP contribution in [0.15, 0.2) is 78.9 Å². The van der Waals surface area contributed by atoms with Gasteiger partial charge >= 0.3 is 18.2 Å². The Kier molecular flexibility index (Phi) is 10.1. The molecule has 14 nitrogen and oxygen atoms in total.